The number of nitrogens with zero attached hydrogens (tertiary/aromatic N) is 1. The third-order valence-electron chi connectivity index (χ3n) is 1.82. The van der Waals surface area contributed by atoms with Gasteiger partial charge >= 0.3 is 40.8 Å². The summed E-state index contributed by atoms with van der Waals surface area (Å²) in [5.74, 6) is -0.114. The summed E-state index contributed by atoms with van der Waals surface area (Å²) in [4.78, 5) is 13.0. The van der Waals surface area contributed by atoms with Gasteiger partial charge in [-0.2, -0.15) is 6.42 Å². The van der Waals surface area contributed by atoms with Crippen molar-refractivity contribution in [3.8, 4) is 0 Å². The van der Waals surface area contributed by atoms with Gasteiger partial charge in [-0.05, 0) is 13.8 Å². The second-order valence-electron chi connectivity index (χ2n) is 3.03. The Morgan fingerprint density at radius 2 is 1.85 bits per heavy atom. The summed E-state index contributed by atoms with van der Waals surface area (Å²) in [6.07, 6.45) is 0.565. The van der Waals surface area contributed by atoms with Crippen LogP contribution in [0.25, 0.3) is 0 Å². The van der Waals surface area contributed by atoms with Gasteiger partial charge < -0.3 is 26.2 Å². The molecular weight excluding hydrogens is 294 g/mol. The molecule has 1 unspecified atom stereocenters. The topological polar surface area (TPSA) is 20.3 Å². The molecule has 1 radical (unpaired) electrons. The van der Waals surface area contributed by atoms with E-state index >= 15 is 0 Å². The van der Waals surface area contributed by atoms with E-state index in [0.717, 1.165) is 0 Å². The quantitative estimate of drug-likeness (QED) is 0.730. The zero-order chi connectivity index (χ0) is 9.02. The molecule has 0 heterocycles. The van der Waals surface area contributed by atoms with Crippen molar-refractivity contribution >= 4 is 5.91 Å². The average molecular weight is 315 g/mol. The van der Waals surface area contributed by atoms with E-state index in [4.69, 9.17) is 0 Å². The van der Waals surface area contributed by atoms with Crippen molar-refractivity contribution in [3.05, 3.63) is 21.3 Å². The molecule has 0 saturated carbocycles. The molecule has 2 nitrogen and oxygen atoms in total. The fraction of sp³-hybridized carbons (Fsp3) is 0.600. The van der Waals surface area contributed by atoms with Crippen LogP contribution in [0.3, 0.4) is 0 Å². The number of carbonyl (C=O) groups is 1. The molecule has 13 heavy (non-hydrogen) atoms. The standard InChI is InChI=1S/C9H17NO.CH3.Nd/c1-6-8(4)9(11)10(5)7(2)3;;/h7-8H,1,4,6H2,2-3,5H3;1H3;/q-2;-1;+3. The maximum Gasteiger partial charge on any atom is 3.00 e. The SMILES string of the molecule is [CH2-]CC([CH2-])C(=O)N(C)C(C)C.[CH3-].[Nd+3]. The Kier molecular flexibility index (Phi) is 14.0. The van der Waals surface area contributed by atoms with Crippen LogP contribution >= 0.6 is 0 Å². The predicted octanol–water partition coefficient (Wildman–Crippen LogP) is 1.98. The van der Waals surface area contributed by atoms with Gasteiger partial charge in [-0.25, -0.2) is 0 Å². The molecule has 75 valence electrons. The normalized spacial score (nSPS) is 11.2. The summed E-state index contributed by atoms with van der Waals surface area (Å²) < 4.78 is 0. The van der Waals surface area contributed by atoms with Crippen molar-refractivity contribution in [1.82, 2.24) is 4.90 Å². The van der Waals surface area contributed by atoms with Crippen molar-refractivity contribution in [2.24, 2.45) is 5.92 Å². The Hall–Kier alpha value is 0.821. The van der Waals surface area contributed by atoms with Crippen LogP contribution in [0.5, 0.6) is 0 Å². The van der Waals surface area contributed by atoms with E-state index in [0.29, 0.717) is 6.42 Å². The zero-order valence-electron chi connectivity index (χ0n) is 9.13. The molecule has 1 atom stereocenters. The molecule has 0 N–H and O–H groups in total. The fourth-order valence-electron chi connectivity index (χ4n) is 0.666. The first kappa shape index (κ1) is 19.4. The van der Waals surface area contributed by atoms with Crippen LogP contribution in [0.2, 0.25) is 0 Å². The summed E-state index contributed by atoms with van der Waals surface area (Å²) in [6.45, 7) is 11.3. The Morgan fingerprint density at radius 1 is 1.46 bits per heavy atom. The monoisotopic (exact) mass is 312 g/mol. The van der Waals surface area contributed by atoms with Crippen LogP contribution in [0.15, 0.2) is 0 Å². The smallest absolute Gasteiger partial charge is 0.358 e. The molecule has 0 bridgehead atoms. The van der Waals surface area contributed by atoms with E-state index in [1.807, 2.05) is 13.8 Å². The Morgan fingerprint density at radius 3 is 2.08 bits per heavy atom. The molecule has 0 aliphatic carbocycles. The molecule has 0 aromatic heterocycles. The van der Waals surface area contributed by atoms with E-state index in [1.165, 1.54) is 0 Å². The molecule has 0 aliphatic rings. The molecule has 0 aliphatic heterocycles. The van der Waals surface area contributed by atoms with Gasteiger partial charge in [0.15, 0.2) is 5.91 Å². The molecule has 3 heteroatoms. The summed E-state index contributed by atoms with van der Waals surface area (Å²) in [5.41, 5.74) is 0. The summed E-state index contributed by atoms with van der Waals surface area (Å²) in [6, 6.07) is 0.248. The molecule has 0 aromatic rings. The van der Waals surface area contributed by atoms with Gasteiger partial charge in [-0.15, -0.1) is 5.92 Å². The van der Waals surface area contributed by atoms with E-state index in [2.05, 4.69) is 13.8 Å². The van der Waals surface area contributed by atoms with Crippen molar-refractivity contribution in [2.75, 3.05) is 7.05 Å². The molecule has 0 aromatic carbocycles. The predicted molar refractivity (Wildman–Crippen MR) is 53.1 cm³/mol. The van der Waals surface area contributed by atoms with Gasteiger partial charge in [0, 0.05) is 13.1 Å². The summed E-state index contributed by atoms with van der Waals surface area (Å²) in [7, 11) is 1.79. The van der Waals surface area contributed by atoms with E-state index in [1.54, 1.807) is 11.9 Å². The minimum absolute atomic E-state index is 0. The van der Waals surface area contributed by atoms with Gasteiger partial charge in [0.25, 0.3) is 0 Å². The molecule has 0 fully saturated rings. The average Bonchev–Trinajstić information content (AvgIpc) is 2.00. The van der Waals surface area contributed by atoms with E-state index in [9.17, 15) is 4.79 Å². The second-order valence-corrected chi connectivity index (χ2v) is 3.03. The maximum absolute atomic E-state index is 11.3. The first-order valence-corrected chi connectivity index (χ1v) is 3.89. The van der Waals surface area contributed by atoms with Gasteiger partial charge in [-0.1, -0.05) is 0 Å². The third-order valence-corrected chi connectivity index (χ3v) is 1.82. The molecule has 1 amide bonds. The number of hydrogen-bond donors (Lipinski definition) is 0. The molecule has 0 rings (SSSR count). The zero-order valence-corrected chi connectivity index (χ0v) is 12.3. The van der Waals surface area contributed by atoms with Gasteiger partial charge in [0.2, 0.25) is 0 Å². The van der Waals surface area contributed by atoms with Crippen LogP contribution in [0.4, 0.5) is 0 Å². The number of amides is 1. The van der Waals surface area contributed by atoms with Crippen molar-refractivity contribution in [1.29, 1.82) is 0 Å². The van der Waals surface area contributed by atoms with Crippen LogP contribution in [-0.2, 0) is 4.79 Å². The first-order valence-electron chi connectivity index (χ1n) is 3.89. The van der Waals surface area contributed by atoms with E-state index < -0.39 is 0 Å². The number of hydrogen-bond acceptors (Lipinski definition) is 1. The van der Waals surface area contributed by atoms with Crippen LogP contribution in [-0.4, -0.2) is 23.9 Å². The number of rotatable bonds is 3. The first-order chi connectivity index (χ1) is 5.00. The van der Waals surface area contributed by atoms with Gasteiger partial charge in [0.1, 0.15) is 0 Å². The maximum atomic E-state index is 11.3. The Bertz CT molecular complexity index is 137. The second kappa shape index (κ2) is 9.38. The van der Waals surface area contributed by atoms with Crippen LogP contribution in [0.1, 0.15) is 20.3 Å². The molecule has 0 saturated heterocycles. The minimum atomic E-state index is -0.192. The summed E-state index contributed by atoms with van der Waals surface area (Å²) >= 11 is 0. The Labute approximate surface area is 116 Å². The largest absolute Gasteiger partial charge is 3.00 e. The van der Waals surface area contributed by atoms with Gasteiger partial charge in [0.05, 0.1) is 0 Å². The van der Waals surface area contributed by atoms with Crippen molar-refractivity contribution < 1.29 is 45.6 Å². The van der Waals surface area contributed by atoms with E-state index in [-0.39, 0.29) is 66.1 Å². The van der Waals surface area contributed by atoms with Crippen molar-refractivity contribution in [2.45, 2.75) is 26.3 Å². The van der Waals surface area contributed by atoms with Crippen LogP contribution < -0.4 is 0 Å². The number of carbonyl (C=O) groups excluding carboxylic acids is 1. The Balaban J connectivity index is -0.000000500. The van der Waals surface area contributed by atoms with Crippen LogP contribution in [0, 0.1) is 68.0 Å². The van der Waals surface area contributed by atoms with Crippen molar-refractivity contribution in [3.63, 3.8) is 0 Å². The third kappa shape index (κ3) is 6.83. The minimum Gasteiger partial charge on any atom is -0.358 e. The molecular formula is C10H20NNdO. The summed E-state index contributed by atoms with van der Waals surface area (Å²) in [5, 5.41) is 0. The van der Waals surface area contributed by atoms with Gasteiger partial charge in [-0.3, -0.25) is 4.79 Å². The fourth-order valence-corrected chi connectivity index (χ4v) is 0.666. The molecule has 0 spiro atoms.